The standard InChI is InChI=1S/C21H18F3NO2/c1-3-17-13(2)19(15-9-5-7-11-18(15)25-17)20(26)27-12-14-8-4-6-10-16(14)21(22,23)24/h4-11H,3,12H2,1-2H3. The van der Waals surface area contributed by atoms with Gasteiger partial charge in [0.2, 0.25) is 0 Å². The lowest BCUT2D eigenvalue weighted by molar-refractivity contribution is -0.138. The number of esters is 1. The number of carbonyl (C=O) groups excluding carboxylic acids is 1. The van der Waals surface area contributed by atoms with E-state index in [1.54, 1.807) is 25.1 Å². The minimum atomic E-state index is -4.50. The third-order valence-electron chi connectivity index (χ3n) is 4.46. The van der Waals surface area contributed by atoms with Gasteiger partial charge in [0.15, 0.2) is 0 Å². The molecular formula is C21H18F3NO2. The lowest BCUT2D eigenvalue weighted by Crippen LogP contribution is -2.14. The Kier molecular flexibility index (Phi) is 5.17. The summed E-state index contributed by atoms with van der Waals surface area (Å²) in [6, 6.07) is 12.2. The van der Waals surface area contributed by atoms with Crippen molar-refractivity contribution >= 4 is 16.9 Å². The van der Waals surface area contributed by atoms with Gasteiger partial charge in [-0.15, -0.1) is 0 Å². The van der Waals surface area contributed by atoms with Crippen LogP contribution >= 0.6 is 0 Å². The molecular weight excluding hydrogens is 355 g/mol. The third kappa shape index (κ3) is 3.79. The second kappa shape index (κ2) is 7.39. The van der Waals surface area contributed by atoms with Gasteiger partial charge < -0.3 is 4.74 Å². The lowest BCUT2D eigenvalue weighted by Gasteiger charge is -2.15. The van der Waals surface area contributed by atoms with Crippen LogP contribution < -0.4 is 0 Å². The Hall–Kier alpha value is -2.89. The van der Waals surface area contributed by atoms with Crippen LogP contribution in [-0.4, -0.2) is 11.0 Å². The second-order valence-corrected chi connectivity index (χ2v) is 6.16. The van der Waals surface area contributed by atoms with E-state index in [1.165, 1.54) is 18.2 Å². The molecule has 0 bridgehead atoms. The number of carbonyl (C=O) groups is 1. The molecule has 3 nitrogen and oxygen atoms in total. The van der Waals surface area contributed by atoms with E-state index in [1.807, 2.05) is 13.0 Å². The van der Waals surface area contributed by atoms with Crippen molar-refractivity contribution in [3.05, 3.63) is 76.5 Å². The number of fused-ring (bicyclic) bond motifs is 1. The van der Waals surface area contributed by atoms with Crippen molar-refractivity contribution in [2.45, 2.75) is 33.1 Å². The van der Waals surface area contributed by atoms with Gasteiger partial charge in [0.1, 0.15) is 6.61 Å². The van der Waals surface area contributed by atoms with E-state index < -0.39 is 24.3 Å². The van der Waals surface area contributed by atoms with Crippen LogP contribution in [0.15, 0.2) is 48.5 Å². The number of halogens is 3. The molecule has 0 fully saturated rings. The first-order chi connectivity index (χ1) is 12.8. The summed E-state index contributed by atoms with van der Waals surface area (Å²) in [5, 5.41) is 0.626. The molecule has 3 aromatic rings. The molecule has 0 saturated carbocycles. The zero-order valence-corrected chi connectivity index (χ0v) is 14.9. The molecule has 27 heavy (non-hydrogen) atoms. The zero-order valence-electron chi connectivity index (χ0n) is 14.9. The minimum absolute atomic E-state index is 0.0786. The van der Waals surface area contributed by atoms with Crippen molar-refractivity contribution in [1.29, 1.82) is 0 Å². The van der Waals surface area contributed by atoms with Gasteiger partial charge in [0.25, 0.3) is 0 Å². The summed E-state index contributed by atoms with van der Waals surface area (Å²) in [6.45, 7) is 3.25. The second-order valence-electron chi connectivity index (χ2n) is 6.16. The zero-order chi connectivity index (χ0) is 19.6. The fourth-order valence-corrected chi connectivity index (χ4v) is 3.10. The summed E-state index contributed by atoms with van der Waals surface area (Å²) >= 11 is 0. The average molecular weight is 373 g/mol. The number of alkyl halides is 3. The molecule has 6 heteroatoms. The number of aromatic nitrogens is 1. The molecule has 0 aliphatic carbocycles. The number of hydrogen-bond acceptors (Lipinski definition) is 3. The molecule has 0 aliphatic rings. The highest BCUT2D eigenvalue weighted by Crippen LogP contribution is 2.32. The number of nitrogens with zero attached hydrogens (tertiary/aromatic N) is 1. The number of rotatable bonds is 4. The van der Waals surface area contributed by atoms with E-state index in [-0.39, 0.29) is 5.56 Å². The Bertz CT molecular complexity index is 996. The molecule has 0 saturated heterocycles. The fraction of sp³-hybridized carbons (Fsp3) is 0.238. The first-order valence-corrected chi connectivity index (χ1v) is 8.53. The lowest BCUT2D eigenvalue weighted by atomic mass is 10.0. The first-order valence-electron chi connectivity index (χ1n) is 8.53. The maximum absolute atomic E-state index is 13.1. The molecule has 3 rings (SSSR count). The van der Waals surface area contributed by atoms with Crippen molar-refractivity contribution < 1.29 is 22.7 Å². The van der Waals surface area contributed by atoms with Gasteiger partial charge in [0, 0.05) is 16.6 Å². The van der Waals surface area contributed by atoms with Crippen LogP contribution in [0.1, 0.15) is 39.7 Å². The quantitative estimate of drug-likeness (QED) is 0.569. The van der Waals surface area contributed by atoms with Gasteiger partial charge in [-0.3, -0.25) is 4.98 Å². The van der Waals surface area contributed by atoms with E-state index in [0.29, 0.717) is 28.5 Å². The Balaban J connectivity index is 1.96. The van der Waals surface area contributed by atoms with Gasteiger partial charge in [-0.05, 0) is 31.0 Å². The Labute approximate surface area is 154 Å². The van der Waals surface area contributed by atoms with Crippen LogP contribution in [-0.2, 0) is 23.9 Å². The smallest absolute Gasteiger partial charge is 0.416 e. The van der Waals surface area contributed by atoms with Gasteiger partial charge in [-0.25, -0.2) is 4.79 Å². The van der Waals surface area contributed by atoms with Crippen molar-refractivity contribution in [2.24, 2.45) is 0 Å². The van der Waals surface area contributed by atoms with Crippen molar-refractivity contribution in [2.75, 3.05) is 0 Å². The number of aryl methyl sites for hydroxylation is 1. The molecule has 0 unspecified atom stereocenters. The largest absolute Gasteiger partial charge is 0.457 e. The number of pyridine rings is 1. The molecule has 0 radical (unpaired) electrons. The molecule has 1 heterocycles. The SMILES string of the molecule is CCc1nc2ccccc2c(C(=O)OCc2ccccc2C(F)(F)F)c1C. The van der Waals surface area contributed by atoms with Gasteiger partial charge in [0.05, 0.1) is 16.6 Å². The minimum Gasteiger partial charge on any atom is -0.457 e. The van der Waals surface area contributed by atoms with E-state index in [2.05, 4.69) is 4.98 Å². The van der Waals surface area contributed by atoms with Gasteiger partial charge >= 0.3 is 12.1 Å². The van der Waals surface area contributed by atoms with Crippen molar-refractivity contribution in [3.8, 4) is 0 Å². The maximum Gasteiger partial charge on any atom is 0.416 e. The molecule has 1 aromatic heterocycles. The molecule has 0 spiro atoms. The van der Waals surface area contributed by atoms with Gasteiger partial charge in [-0.1, -0.05) is 43.3 Å². The van der Waals surface area contributed by atoms with E-state index in [9.17, 15) is 18.0 Å². The Morgan fingerprint density at radius 1 is 1.07 bits per heavy atom. The Morgan fingerprint density at radius 3 is 2.44 bits per heavy atom. The number of hydrogen-bond donors (Lipinski definition) is 0. The maximum atomic E-state index is 13.1. The molecule has 0 amide bonds. The Morgan fingerprint density at radius 2 is 1.74 bits per heavy atom. The summed E-state index contributed by atoms with van der Waals surface area (Å²) in [5.41, 5.74) is 1.57. The highest BCUT2D eigenvalue weighted by molar-refractivity contribution is 6.05. The third-order valence-corrected chi connectivity index (χ3v) is 4.46. The van der Waals surface area contributed by atoms with Crippen LogP contribution in [0.25, 0.3) is 10.9 Å². The monoisotopic (exact) mass is 373 g/mol. The van der Waals surface area contributed by atoms with Crippen LogP contribution in [0.4, 0.5) is 13.2 Å². The van der Waals surface area contributed by atoms with Crippen molar-refractivity contribution in [1.82, 2.24) is 4.98 Å². The van der Waals surface area contributed by atoms with Crippen LogP contribution in [0.5, 0.6) is 0 Å². The topological polar surface area (TPSA) is 39.2 Å². The summed E-state index contributed by atoms with van der Waals surface area (Å²) < 4.78 is 44.6. The highest BCUT2D eigenvalue weighted by Gasteiger charge is 2.33. The summed E-state index contributed by atoms with van der Waals surface area (Å²) in [5.74, 6) is -0.655. The summed E-state index contributed by atoms with van der Waals surface area (Å²) in [7, 11) is 0. The predicted octanol–water partition coefficient (Wildman–Crippen LogP) is 5.48. The fourth-order valence-electron chi connectivity index (χ4n) is 3.10. The first kappa shape index (κ1) is 18.9. The summed E-state index contributed by atoms with van der Waals surface area (Å²) in [4.78, 5) is 17.3. The molecule has 2 aromatic carbocycles. The normalized spacial score (nSPS) is 11.6. The summed E-state index contributed by atoms with van der Waals surface area (Å²) in [6.07, 6.45) is -3.87. The van der Waals surface area contributed by atoms with Crippen LogP contribution in [0.3, 0.4) is 0 Å². The molecule has 0 aliphatic heterocycles. The van der Waals surface area contributed by atoms with E-state index in [4.69, 9.17) is 4.74 Å². The molecule has 0 N–H and O–H groups in total. The van der Waals surface area contributed by atoms with E-state index >= 15 is 0 Å². The number of benzene rings is 2. The van der Waals surface area contributed by atoms with Gasteiger partial charge in [-0.2, -0.15) is 13.2 Å². The van der Waals surface area contributed by atoms with Crippen LogP contribution in [0.2, 0.25) is 0 Å². The number of para-hydroxylation sites is 1. The average Bonchev–Trinajstić information content (AvgIpc) is 2.65. The number of ether oxygens (including phenoxy) is 1. The highest BCUT2D eigenvalue weighted by atomic mass is 19.4. The van der Waals surface area contributed by atoms with Crippen LogP contribution in [0, 0.1) is 6.92 Å². The van der Waals surface area contributed by atoms with E-state index in [0.717, 1.165) is 11.8 Å². The molecule has 140 valence electrons. The predicted molar refractivity (Wildman–Crippen MR) is 96.4 cm³/mol. The molecule has 0 atom stereocenters. The van der Waals surface area contributed by atoms with Crippen molar-refractivity contribution in [3.63, 3.8) is 0 Å².